The number of hydrogen-bond donors (Lipinski definition) is 1. The highest BCUT2D eigenvalue weighted by molar-refractivity contribution is 6.00. The molecule has 6 heteroatoms. The maximum atomic E-state index is 13.2. The van der Waals surface area contributed by atoms with Crippen LogP contribution in [-0.4, -0.2) is 41.4 Å². The van der Waals surface area contributed by atoms with E-state index in [1.807, 2.05) is 53.2 Å². The highest BCUT2D eigenvalue weighted by atomic mass is 16.5. The Bertz CT molecular complexity index is 1070. The Morgan fingerprint density at radius 3 is 2.70 bits per heavy atom. The summed E-state index contributed by atoms with van der Waals surface area (Å²) in [5.74, 6) is 0.374. The number of hydrogen-bond acceptors (Lipinski definition) is 4. The first-order chi connectivity index (χ1) is 14.6. The Hall–Kier alpha value is -3.12. The Morgan fingerprint density at radius 1 is 1.13 bits per heavy atom. The maximum absolute atomic E-state index is 13.2. The zero-order valence-electron chi connectivity index (χ0n) is 17.2. The second-order valence-electron chi connectivity index (χ2n) is 7.90. The summed E-state index contributed by atoms with van der Waals surface area (Å²) in [6.45, 7) is 2.56. The summed E-state index contributed by atoms with van der Waals surface area (Å²) in [6, 6.07) is 15.5. The summed E-state index contributed by atoms with van der Waals surface area (Å²) >= 11 is 0. The van der Waals surface area contributed by atoms with Crippen LogP contribution in [-0.2, 0) is 17.9 Å². The standard InChI is InChI=1S/C24H27N3O3/c1-30-22-11-5-3-9-20(22)24(29)17-7-6-12-26(13-17)14-18-15-27(16-23(25)28)21-10-4-2-8-19(18)21/h2-5,8-11,15,17H,6-7,12-14,16H2,1H3,(H2,25,28)/t17-/m0/s1. The van der Waals surface area contributed by atoms with Gasteiger partial charge in [-0.25, -0.2) is 0 Å². The summed E-state index contributed by atoms with van der Waals surface area (Å²) in [5.41, 5.74) is 8.23. The van der Waals surface area contributed by atoms with Crippen molar-refractivity contribution in [2.24, 2.45) is 11.7 Å². The molecule has 3 aromatic rings. The molecule has 1 fully saturated rings. The number of nitrogens with zero attached hydrogens (tertiary/aromatic N) is 2. The van der Waals surface area contributed by atoms with E-state index in [1.165, 1.54) is 0 Å². The molecule has 0 aliphatic carbocycles. The van der Waals surface area contributed by atoms with Crippen LogP contribution in [0.25, 0.3) is 10.9 Å². The zero-order chi connectivity index (χ0) is 21.1. The van der Waals surface area contributed by atoms with Crippen molar-refractivity contribution in [3.05, 3.63) is 65.9 Å². The minimum atomic E-state index is -0.359. The topological polar surface area (TPSA) is 77.6 Å². The molecule has 1 aliphatic heterocycles. The molecule has 1 aromatic heterocycles. The van der Waals surface area contributed by atoms with Crippen LogP contribution >= 0.6 is 0 Å². The summed E-state index contributed by atoms with van der Waals surface area (Å²) in [6.07, 6.45) is 3.88. The van der Waals surface area contributed by atoms with Gasteiger partial charge in [-0.3, -0.25) is 14.5 Å². The number of ketones is 1. The number of primary amides is 1. The number of benzene rings is 2. The van der Waals surface area contributed by atoms with Crippen LogP contribution in [0.5, 0.6) is 5.75 Å². The number of para-hydroxylation sites is 2. The fraction of sp³-hybridized carbons (Fsp3) is 0.333. The first-order valence-corrected chi connectivity index (χ1v) is 10.3. The smallest absolute Gasteiger partial charge is 0.237 e. The molecule has 1 atom stereocenters. The van der Waals surface area contributed by atoms with E-state index >= 15 is 0 Å². The van der Waals surface area contributed by atoms with Gasteiger partial charge >= 0.3 is 0 Å². The van der Waals surface area contributed by atoms with Crippen LogP contribution < -0.4 is 10.5 Å². The van der Waals surface area contributed by atoms with E-state index in [4.69, 9.17) is 10.5 Å². The normalized spacial score (nSPS) is 17.2. The minimum absolute atomic E-state index is 0.0472. The van der Waals surface area contributed by atoms with Gasteiger partial charge in [0.05, 0.1) is 12.7 Å². The number of carbonyl (C=O) groups excluding carboxylic acids is 2. The molecule has 0 spiro atoms. The Morgan fingerprint density at radius 2 is 1.90 bits per heavy atom. The van der Waals surface area contributed by atoms with Crippen LogP contribution in [0.2, 0.25) is 0 Å². The van der Waals surface area contributed by atoms with E-state index in [0.717, 1.165) is 42.4 Å². The number of Topliss-reactive ketones (excluding diaryl/α,β-unsaturated/α-hetero) is 1. The average molecular weight is 405 g/mol. The minimum Gasteiger partial charge on any atom is -0.496 e. The van der Waals surface area contributed by atoms with E-state index in [9.17, 15) is 9.59 Å². The third kappa shape index (κ3) is 4.09. The number of amides is 1. The lowest BCUT2D eigenvalue weighted by molar-refractivity contribution is -0.118. The number of methoxy groups -OCH3 is 1. The summed E-state index contributed by atoms with van der Waals surface area (Å²) in [4.78, 5) is 26.9. The van der Waals surface area contributed by atoms with Crippen molar-refractivity contribution in [2.75, 3.05) is 20.2 Å². The monoisotopic (exact) mass is 405 g/mol. The second kappa shape index (κ2) is 8.71. The van der Waals surface area contributed by atoms with Gasteiger partial charge in [0.2, 0.25) is 5.91 Å². The number of likely N-dealkylation sites (tertiary alicyclic amines) is 1. The van der Waals surface area contributed by atoms with Gasteiger partial charge in [0.15, 0.2) is 5.78 Å². The van der Waals surface area contributed by atoms with Crippen LogP contribution in [0.15, 0.2) is 54.7 Å². The molecule has 0 bridgehead atoms. The molecule has 2 N–H and O–H groups in total. The summed E-state index contributed by atoms with van der Waals surface area (Å²) in [5, 5.41) is 1.12. The molecule has 6 nitrogen and oxygen atoms in total. The molecule has 1 saturated heterocycles. The van der Waals surface area contributed by atoms with Gasteiger partial charge in [0.25, 0.3) is 0 Å². The quantitative estimate of drug-likeness (QED) is 0.612. The number of rotatable bonds is 7. The van der Waals surface area contributed by atoms with Gasteiger partial charge in [-0.15, -0.1) is 0 Å². The lowest BCUT2D eigenvalue weighted by Gasteiger charge is -2.32. The first kappa shape index (κ1) is 20.2. The van der Waals surface area contributed by atoms with E-state index in [2.05, 4.69) is 11.0 Å². The highest BCUT2D eigenvalue weighted by Crippen LogP contribution is 2.28. The Kier molecular flexibility index (Phi) is 5.86. The predicted molar refractivity (Wildman–Crippen MR) is 116 cm³/mol. The highest BCUT2D eigenvalue weighted by Gasteiger charge is 2.28. The number of fused-ring (bicyclic) bond motifs is 1. The first-order valence-electron chi connectivity index (χ1n) is 10.3. The van der Waals surface area contributed by atoms with Crippen molar-refractivity contribution < 1.29 is 14.3 Å². The summed E-state index contributed by atoms with van der Waals surface area (Å²) < 4.78 is 7.30. The van der Waals surface area contributed by atoms with Crippen LogP contribution in [0, 0.1) is 5.92 Å². The predicted octanol–water partition coefficient (Wildman–Crippen LogP) is 3.23. The maximum Gasteiger partial charge on any atom is 0.237 e. The number of nitrogens with two attached hydrogens (primary N) is 1. The molecule has 0 radical (unpaired) electrons. The SMILES string of the molecule is COc1ccccc1C(=O)[C@H]1CCCN(Cc2cn(CC(N)=O)c3ccccc23)C1. The van der Waals surface area contributed by atoms with E-state index in [-0.39, 0.29) is 24.2 Å². The second-order valence-corrected chi connectivity index (χ2v) is 7.90. The van der Waals surface area contributed by atoms with Crippen molar-refractivity contribution in [3.8, 4) is 5.75 Å². The van der Waals surface area contributed by atoms with Crippen LogP contribution in [0.1, 0.15) is 28.8 Å². The largest absolute Gasteiger partial charge is 0.496 e. The Balaban J connectivity index is 1.53. The Labute approximate surface area is 176 Å². The van der Waals surface area contributed by atoms with Gasteiger partial charge in [0, 0.05) is 36.1 Å². The van der Waals surface area contributed by atoms with E-state index < -0.39 is 0 Å². The van der Waals surface area contributed by atoms with Crippen molar-refractivity contribution in [2.45, 2.75) is 25.9 Å². The fourth-order valence-corrected chi connectivity index (χ4v) is 4.47. The molecule has 30 heavy (non-hydrogen) atoms. The van der Waals surface area contributed by atoms with Crippen molar-refractivity contribution in [3.63, 3.8) is 0 Å². The molecule has 2 aromatic carbocycles. The van der Waals surface area contributed by atoms with Crippen LogP contribution in [0.3, 0.4) is 0 Å². The zero-order valence-corrected chi connectivity index (χ0v) is 17.2. The fourth-order valence-electron chi connectivity index (χ4n) is 4.47. The van der Waals surface area contributed by atoms with Gasteiger partial charge < -0.3 is 15.0 Å². The van der Waals surface area contributed by atoms with Gasteiger partial charge in [-0.2, -0.15) is 0 Å². The molecule has 0 unspecified atom stereocenters. The lowest BCUT2D eigenvalue weighted by atomic mass is 9.89. The molecule has 1 amide bonds. The molecule has 1 aliphatic rings. The number of ether oxygens (including phenoxy) is 1. The van der Waals surface area contributed by atoms with Crippen molar-refractivity contribution in [1.82, 2.24) is 9.47 Å². The molecular formula is C24H27N3O3. The van der Waals surface area contributed by atoms with Crippen molar-refractivity contribution >= 4 is 22.6 Å². The number of piperidine rings is 1. The number of carbonyl (C=O) groups is 2. The van der Waals surface area contributed by atoms with E-state index in [1.54, 1.807) is 7.11 Å². The summed E-state index contributed by atoms with van der Waals surface area (Å²) in [7, 11) is 1.60. The van der Waals surface area contributed by atoms with Gasteiger partial charge in [-0.1, -0.05) is 30.3 Å². The molecule has 4 rings (SSSR count). The van der Waals surface area contributed by atoms with Crippen molar-refractivity contribution in [1.29, 1.82) is 0 Å². The van der Waals surface area contributed by atoms with E-state index in [0.29, 0.717) is 17.9 Å². The molecule has 2 heterocycles. The third-order valence-electron chi connectivity index (χ3n) is 5.84. The number of aromatic nitrogens is 1. The molecule has 156 valence electrons. The molecular weight excluding hydrogens is 378 g/mol. The van der Waals surface area contributed by atoms with Gasteiger partial charge in [-0.05, 0) is 43.1 Å². The lowest BCUT2D eigenvalue weighted by Crippen LogP contribution is -2.38. The van der Waals surface area contributed by atoms with Crippen LogP contribution in [0.4, 0.5) is 0 Å². The van der Waals surface area contributed by atoms with Gasteiger partial charge in [0.1, 0.15) is 12.3 Å². The molecule has 0 saturated carbocycles. The average Bonchev–Trinajstić information content (AvgIpc) is 3.10. The third-order valence-corrected chi connectivity index (χ3v) is 5.84.